The molecule has 2 fully saturated rings. The molecule has 26 heavy (non-hydrogen) atoms. The van der Waals surface area contributed by atoms with E-state index < -0.39 is 5.60 Å². The van der Waals surface area contributed by atoms with Crippen molar-refractivity contribution in [3.05, 3.63) is 37.5 Å². The quantitative estimate of drug-likeness (QED) is 0.462. The number of hydrogen-bond acceptors (Lipinski definition) is 4. The third-order valence-corrected chi connectivity index (χ3v) is 5.58. The summed E-state index contributed by atoms with van der Waals surface area (Å²) in [4.78, 5) is 12.6. The van der Waals surface area contributed by atoms with Gasteiger partial charge >= 0.3 is 0 Å². The largest absolute Gasteiger partial charge is 0.367 e. The molecule has 2 aliphatic heterocycles. The van der Waals surface area contributed by atoms with E-state index in [1.807, 2.05) is 52.8 Å². The van der Waals surface area contributed by atoms with Crippen LogP contribution in [0.3, 0.4) is 0 Å². The van der Waals surface area contributed by atoms with Gasteiger partial charge in [0.1, 0.15) is 0 Å². The monoisotopic (exact) mass is 362 g/mol. The minimum atomic E-state index is -0.585. The second-order valence-corrected chi connectivity index (χ2v) is 8.56. The summed E-state index contributed by atoms with van der Waals surface area (Å²) in [5, 5.41) is 0. The van der Waals surface area contributed by atoms with Crippen molar-refractivity contribution in [2.75, 3.05) is 0 Å². The lowest BCUT2D eigenvalue weighted by Gasteiger charge is -2.28. The highest BCUT2D eigenvalue weighted by Crippen LogP contribution is 2.35. The first-order valence-electron chi connectivity index (χ1n) is 9.55. The molecule has 2 heterocycles. The van der Waals surface area contributed by atoms with E-state index in [4.69, 9.17) is 14.2 Å². The molecule has 0 unspecified atom stereocenters. The lowest BCUT2D eigenvalue weighted by Crippen LogP contribution is -2.32. The summed E-state index contributed by atoms with van der Waals surface area (Å²) in [5.41, 5.74) is -1.23. The Kier molecular flexibility index (Phi) is 6.32. The number of ether oxygens (including phenoxy) is 3. The van der Waals surface area contributed by atoms with Crippen molar-refractivity contribution >= 4 is 5.78 Å². The van der Waals surface area contributed by atoms with Gasteiger partial charge < -0.3 is 14.2 Å². The van der Waals surface area contributed by atoms with Crippen molar-refractivity contribution in [1.82, 2.24) is 0 Å². The molecular weight excluding hydrogens is 328 g/mol. The highest BCUT2D eigenvalue weighted by Gasteiger charge is 2.38. The van der Waals surface area contributed by atoms with Crippen LogP contribution in [-0.4, -0.2) is 35.0 Å². The van der Waals surface area contributed by atoms with E-state index in [0.29, 0.717) is 0 Å². The summed E-state index contributed by atoms with van der Waals surface area (Å²) in [6, 6.07) is 0. The molecule has 0 N–H and O–H groups in total. The van der Waals surface area contributed by atoms with Crippen LogP contribution in [-0.2, 0) is 19.0 Å². The summed E-state index contributed by atoms with van der Waals surface area (Å²) in [5.74, 6) is -0.126. The van der Waals surface area contributed by atoms with E-state index in [1.165, 1.54) is 0 Å². The highest BCUT2D eigenvalue weighted by atomic mass is 16.7. The summed E-state index contributed by atoms with van der Waals surface area (Å²) in [7, 11) is 0. The maximum absolute atomic E-state index is 12.6. The van der Waals surface area contributed by atoms with Gasteiger partial charge in [0.2, 0.25) is 0 Å². The fourth-order valence-electron chi connectivity index (χ4n) is 3.45. The summed E-state index contributed by atoms with van der Waals surface area (Å²) in [6.07, 6.45) is 10.2. The van der Waals surface area contributed by atoms with Crippen molar-refractivity contribution < 1.29 is 19.0 Å². The molecule has 0 aromatic rings. The minimum absolute atomic E-state index is 0.0586. The standard InChI is InChI=1S/C22H34O4/c1-8-21(6)14-11-18(24-21)16(3)17(23)10-13-20(4,5)25-19-12-15-22(7,9-2)26-19/h8-10,13,16,18-19H,1-2,11-12,14-15H2,3-7H3/b13-10+/t16-,18+,19+,21+,22+/m1/s1. The van der Waals surface area contributed by atoms with Crippen molar-refractivity contribution in [3.8, 4) is 0 Å². The van der Waals surface area contributed by atoms with Crippen LogP contribution in [0.2, 0.25) is 0 Å². The Morgan fingerprint density at radius 1 is 1.15 bits per heavy atom. The number of allylic oxidation sites excluding steroid dienone is 1. The molecular formula is C22H34O4. The van der Waals surface area contributed by atoms with Gasteiger partial charge in [-0.3, -0.25) is 4.79 Å². The molecule has 0 amide bonds. The Morgan fingerprint density at radius 2 is 1.73 bits per heavy atom. The van der Waals surface area contributed by atoms with Gasteiger partial charge in [-0.15, -0.1) is 13.2 Å². The normalized spacial score (nSPS) is 36.3. The van der Waals surface area contributed by atoms with E-state index in [2.05, 4.69) is 13.2 Å². The molecule has 0 saturated carbocycles. The van der Waals surface area contributed by atoms with E-state index >= 15 is 0 Å². The summed E-state index contributed by atoms with van der Waals surface area (Å²) in [6.45, 7) is 17.5. The fourth-order valence-corrected chi connectivity index (χ4v) is 3.45. The number of carbonyl (C=O) groups is 1. The molecule has 0 aromatic carbocycles. The molecule has 4 heteroatoms. The van der Waals surface area contributed by atoms with Gasteiger partial charge in [0.15, 0.2) is 12.1 Å². The zero-order chi connectivity index (χ0) is 19.6. The maximum atomic E-state index is 12.6. The summed E-state index contributed by atoms with van der Waals surface area (Å²) >= 11 is 0. The van der Waals surface area contributed by atoms with E-state index in [9.17, 15) is 4.79 Å². The van der Waals surface area contributed by atoms with Gasteiger partial charge in [0.25, 0.3) is 0 Å². The Morgan fingerprint density at radius 3 is 2.27 bits per heavy atom. The third-order valence-electron chi connectivity index (χ3n) is 5.58. The number of carbonyl (C=O) groups excluding carboxylic acids is 1. The van der Waals surface area contributed by atoms with E-state index in [-0.39, 0.29) is 35.3 Å². The van der Waals surface area contributed by atoms with E-state index in [1.54, 1.807) is 6.08 Å². The van der Waals surface area contributed by atoms with Crippen LogP contribution in [0.1, 0.15) is 60.3 Å². The number of ketones is 1. The van der Waals surface area contributed by atoms with Crippen LogP contribution in [0.15, 0.2) is 37.5 Å². The molecule has 0 radical (unpaired) electrons. The van der Waals surface area contributed by atoms with Crippen LogP contribution in [0.25, 0.3) is 0 Å². The lowest BCUT2D eigenvalue weighted by atomic mass is 9.94. The Bertz CT molecular complexity index is 579. The molecule has 0 aliphatic carbocycles. The van der Waals surface area contributed by atoms with Crippen molar-refractivity contribution in [3.63, 3.8) is 0 Å². The molecule has 146 valence electrons. The lowest BCUT2D eigenvalue weighted by molar-refractivity contribution is -0.189. The molecule has 2 aliphatic rings. The third kappa shape index (κ3) is 5.15. The molecule has 2 rings (SSSR count). The second kappa shape index (κ2) is 7.79. The van der Waals surface area contributed by atoms with Crippen LogP contribution in [0.4, 0.5) is 0 Å². The smallest absolute Gasteiger partial charge is 0.160 e. The predicted molar refractivity (Wildman–Crippen MR) is 104 cm³/mol. The molecule has 5 atom stereocenters. The zero-order valence-electron chi connectivity index (χ0n) is 16.9. The molecule has 4 nitrogen and oxygen atoms in total. The topological polar surface area (TPSA) is 44.8 Å². The zero-order valence-corrected chi connectivity index (χ0v) is 16.9. The highest BCUT2D eigenvalue weighted by molar-refractivity contribution is 5.92. The molecule has 2 saturated heterocycles. The van der Waals surface area contributed by atoms with Gasteiger partial charge in [-0.2, -0.15) is 0 Å². The van der Waals surface area contributed by atoms with E-state index in [0.717, 1.165) is 25.7 Å². The second-order valence-electron chi connectivity index (χ2n) is 8.56. The van der Waals surface area contributed by atoms with Crippen molar-refractivity contribution in [1.29, 1.82) is 0 Å². The first kappa shape index (κ1) is 21.1. The Hall–Kier alpha value is -1.23. The summed E-state index contributed by atoms with van der Waals surface area (Å²) < 4.78 is 18.0. The van der Waals surface area contributed by atoms with Crippen LogP contribution in [0.5, 0.6) is 0 Å². The van der Waals surface area contributed by atoms with Gasteiger partial charge in [-0.25, -0.2) is 0 Å². The van der Waals surface area contributed by atoms with Gasteiger partial charge in [-0.05, 0) is 59.1 Å². The molecule has 0 aromatic heterocycles. The van der Waals surface area contributed by atoms with Crippen LogP contribution >= 0.6 is 0 Å². The van der Waals surface area contributed by atoms with Crippen LogP contribution < -0.4 is 0 Å². The maximum Gasteiger partial charge on any atom is 0.160 e. The number of hydrogen-bond donors (Lipinski definition) is 0. The minimum Gasteiger partial charge on any atom is -0.367 e. The first-order valence-corrected chi connectivity index (χ1v) is 9.55. The Balaban J connectivity index is 1.90. The van der Waals surface area contributed by atoms with Crippen molar-refractivity contribution in [2.24, 2.45) is 5.92 Å². The van der Waals surface area contributed by atoms with Crippen molar-refractivity contribution in [2.45, 2.75) is 89.5 Å². The van der Waals surface area contributed by atoms with Gasteiger partial charge in [0.05, 0.1) is 22.9 Å². The Labute approximate surface area is 158 Å². The van der Waals surface area contributed by atoms with Crippen LogP contribution in [0, 0.1) is 5.92 Å². The van der Waals surface area contributed by atoms with Gasteiger partial charge in [-0.1, -0.05) is 19.1 Å². The average Bonchev–Trinajstić information content (AvgIpc) is 3.16. The molecule has 0 bridgehead atoms. The predicted octanol–water partition coefficient (Wildman–Crippen LogP) is 4.75. The SMILES string of the molecule is C=C[C@@]1(C)CC[C@@H](OC(C)(C)/C=C/C(=O)[C@@H](C)[C@@H]2CC[C@](C)(C=C)O2)O1. The van der Waals surface area contributed by atoms with Gasteiger partial charge in [0, 0.05) is 12.3 Å². The average molecular weight is 363 g/mol. The number of rotatable bonds is 8. The fraction of sp³-hybridized carbons (Fsp3) is 0.682. The molecule has 0 spiro atoms. The first-order chi connectivity index (χ1) is 12.0.